The van der Waals surface area contributed by atoms with Gasteiger partial charge in [-0.2, -0.15) is 0 Å². The van der Waals surface area contributed by atoms with Crippen LogP contribution in [0.5, 0.6) is 0 Å². The maximum Gasteiger partial charge on any atom is 0.307 e. The highest BCUT2D eigenvalue weighted by atomic mass is 16.5. The molecule has 1 heterocycles. The highest BCUT2D eigenvalue weighted by Crippen LogP contribution is 2.40. The van der Waals surface area contributed by atoms with E-state index in [4.69, 9.17) is 9.84 Å². The molecule has 2 fully saturated rings. The maximum absolute atomic E-state index is 11.8. The second-order valence-electron chi connectivity index (χ2n) is 4.22. The first-order valence-corrected chi connectivity index (χ1v) is 5.18. The van der Waals surface area contributed by atoms with Gasteiger partial charge in [-0.1, -0.05) is 0 Å². The van der Waals surface area contributed by atoms with Gasteiger partial charge < -0.3 is 14.7 Å². The van der Waals surface area contributed by atoms with Crippen LogP contribution in [0, 0.1) is 11.8 Å². The van der Waals surface area contributed by atoms with E-state index in [0.717, 1.165) is 6.42 Å². The lowest BCUT2D eigenvalue weighted by molar-refractivity contribution is -0.141. The average Bonchev–Trinajstić information content (AvgIpc) is 2.88. The van der Waals surface area contributed by atoms with E-state index < -0.39 is 11.9 Å². The summed E-state index contributed by atoms with van der Waals surface area (Å²) in [5, 5.41) is 8.72. The van der Waals surface area contributed by atoms with Crippen LogP contribution in [0.1, 0.15) is 12.8 Å². The van der Waals surface area contributed by atoms with Gasteiger partial charge in [0.25, 0.3) is 0 Å². The van der Waals surface area contributed by atoms with Crippen molar-refractivity contribution in [2.24, 2.45) is 11.8 Å². The Bertz CT molecular complexity index is 291. The Kier molecular flexibility index (Phi) is 2.65. The van der Waals surface area contributed by atoms with Gasteiger partial charge in [-0.05, 0) is 12.8 Å². The topological polar surface area (TPSA) is 66.8 Å². The van der Waals surface area contributed by atoms with Crippen molar-refractivity contribution in [3.63, 3.8) is 0 Å². The Morgan fingerprint density at radius 2 is 2.13 bits per heavy atom. The molecule has 3 atom stereocenters. The minimum absolute atomic E-state index is 0.0121. The lowest BCUT2D eigenvalue weighted by Crippen LogP contribution is -2.32. The molecular weight excluding hydrogens is 198 g/mol. The highest BCUT2D eigenvalue weighted by molar-refractivity contribution is 5.89. The number of carboxylic acid groups (broad SMARTS) is 1. The molecule has 2 aliphatic rings. The van der Waals surface area contributed by atoms with Crippen molar-refractivity contribution in [1.82, 2.24) is 4.90 Å². The Labute approximate surface area is 88.0 Å². The first-order chi connectivity index (χ1) is 7.13. The molecule has 5 heteroatoms. The summed E-state index contributed by atoms with van der Waals surface area (Å²) in [4.78, 5) is 24.1. The lowest BCUT2D eigenvalue weighted by atomic mass is 10.3. The predicted octanol–water partition coefficient (Wildman–Crippen LogP) is -0.0456. The molecule has 1 saturated carbocycles. The molecule has 1 N–H and O–H groups in total. The fraction of sp³-hybridized carbons (Fsp3) is 0.800. The summed E-state index contributed by atoms with van der Waals surface area (Å²) in [5.41, 5.74) is 0. The van der Waals surface area contributed by atoms with Gasteiger partial charge in [0.1, 0.15) is 0 Å². The molecule has 1 aliphatic carbocycles. The molecule has 0 aromatic heterocycles. The van der Waals surface area contributed by atoms with Crippen LogP contribution < -0.4 is 0 Å². The highest BCUT2D eigenvalue weighted by Gasteiger charge is 2.50. The van der Waals surface area contributed by atoms with Crippen molar-refractivity contribution in [2.75, 3.05) is 20.2 Å². The zero-order valence-electron chi connectivity index (χ0n) is 8.68. The molecular formula is C10H15NO4. The zero-order valence-corrected chi connectivity index (χ0v) is 8.68. The van der Waals surface area contributed by atoms with Crippen LogP contribution in [0.2, 0.25) is 0 Å². The van der Waals surface area contributed by atoms with Gasteiger partial charge >= 0.3 is 5.97 Å². The Balaban J connectivity index is 1.86. The van der Waals surface area contributed by atoms with Gasteiger partial charge in [0.2, 0.25) is 5.91 Å². The van der Waals surface area contributed by atoms with Crippen molar-refractivity contribution in [3.8, 4) is 0 Å². The van der Waals surface area contributed by atoms with Crippen LogP contribution in [0.4, 0.5) is 0 Å². The third kappa shape index (κ3) is 1.97. The number of ether oxygens (including phenoxy) is 1. The summed E-state index contributed by atoms with van der Waals surface area (Å²) in [6.07, 6.45) is 1.48. The quantitative estimate of drug-likeness (QED) is 0.714. The van der Waals surface area contributed by atoms with Crippen molar-refractivity contribution in [1.29, 1.82) is 0 Å². The summed E-state index contributed by atoms with van der Waals surface area (Å²) >= 11 is 0. The van der Waals surface area contributed by atoms with Crippen LogP contribution in [0.15, 0.2) is 0 Å². The second-order valence-corrected chi connectivity index (χ2v) is 4.22. The second kappa shape index (κ2) is 3.81. The molecule has 2 rings (SSSR count). The summed E-state index contributed by atoms with van der Waals surface area (Å²) in [6, 6.07) is 0. The van der Waals surface area contributed by atoms with Gasteiger partial charge in [-0.3, -0.25) is 9.59 Å². The fourth-order valence-corrected chi connectivity index (χ4v) is 2.10. The van der Waals surface area contributed by atoms with Gasteiger partial charge in [0, 0.05) is 20.2 Å². The Morgan fingerprint density at radius 3 is 2.60 bits per heavy atom. The molecule has 0 radical (unpaired) electrons. The van der Waals surface area contributed by atoms with Gasteiger partial charge in [-0.25, -0.2) is 0 Å². The molecule has 5 nitrogen and oxygen atoms in total. The summed E-state index contributed by atoms with van der Waals surface area (Å²) < 4.78 is 5.16. The van der Waals surface area contributed by atoms with Crippen molar-refractivity contribution >= 4 is 11.9 Å². The minimum atomic E-state index is -0.851. The molecule has 0 aromatic carbocycles. The smallest absolute Gasteiger partial charge is 0.307 e. The van der Waals surface area contributed by atoms with E-state index >= 15 is 0 Å². The summed E-state index contributed by atoms with van der Waals surface area (Å²) in [7, 11) is 1.63. The number of carbonyl (C=O) groups excluding carboxylic acids is 1. The fourth-order valence-electron chi connectivity index (χ4n) is 2.10. The number of carboxylic acids is 1. The molecule has 0 bridgehead atoms. The van der Waals surface area contributed by atoms with Crippen LogP contribution in [-0.2, 0) is 14.3 Å². The molecule has 0 aromatic rings. The van der Waals surface area contributed by atoms with E-state index in [0.29, 0.717) is 19.5 Å². The molecule has 1 saturated heterocycles. The van der Waals surface area contributed by atoms with Gasteiger partial charge in [-0.15, -0.1) is 0 Å². The molecule has 84 valence electrons. The van der Waals surface area contributed by atoms with E-state index in [9.17, 15) is 9.59 Å². The number of amides is 1. The molecule has 1 aliphatic heterocycles. The van der Waals surface area contributed by atoms with Gasteiger partial charge in [0.05, 0.1) is 17.9 Å². The number of hydrogen-bond donors (Lipinski definition) is 1. The van der Waals surface area contributed by atoms with Crippen LogP contribution in [0.3, 0.4) is 0 Å². The largest absolute Gasteiger partial charge is 0.481 e. The zero-order chi connectivity index (χ0) is 11.0. The number of aliphatic carboxylic acids is 1. The first kappa shape index (κ1) is 10.4. The summed E-state index contributed by atoms with van der Waals surface area (Å²) in [5.74, 6) is -1.59. The minimum Gasteiger partial charge on any atom is -0.481 e. The average molecular weight is 213 g/mol. The van der Waals surface area contributed by atoms with E-state index in [-0.39, 0.29) is 17.9 Å². The first-order valence-electron chi connectivity index (χ1n) is 5.18. The number of hydrogen-bond acceptors (Lipinski definition) is 3. The molecule has 1 amide bonds. The number of nitrogens with zero attached hydrogens (tertiary/aromatic N) is 1. The third-order valence-corrected chi connectivity index (χ3v) is 3.21. The number of methoxy groups -OCH3 is 1. The third-order valence-electron chi connectivity index (χ3n) is 3.21. The molecule has 0 spiro atoms. The Morgan fingerprint density at radius 1 is 1.40 bits per heavy atom. The van der Waals surface area contributed by atoms with E-state index in [1.807, 2.05) is 0 Å². The molecule has 2 unspecified atom stereocenters. The van der Waals surface area contributed by atoms with E-state index in [2.05, 4.69) is 0 Å². The van der Waals surface area contributed by atoms with Crippen LogP contribution in [-0.4, -0.2) is 48.2 Å². The SMILES string of the molecule is CO[C@H]1CCN(C(=O)C2CC2C(=O)O)C1. The Hall–Kier alpha value is -1.10. The van der Waals surface area contributed by atoms with Crippen LogP contribution >= 0.6 is 0 Å². The normalized spacial score (nSPS) is 34.2. The maximum atomic E-state index is 11.8. The van der Waals surface area contributed by atoms with Crippen LogP contribution in [0.25, 0.3) is 0 Å². The molecule has 15 heavy (non-hydrogen) atoms. The van der Waals surface area contributed by atoms with Gasteiger partial charge in [0.15, 0.2) is 0 Å². The van der Waals surface area contributed by atoms with Crippen molar-refractivity contribution in [2.45, 2.75) is 18.9 Å². The number of rotatable bonds is 3. The predicted molar refractivity (Wildman–Crippen MR) is 51.2 cm³/mol. The lowest BCUT2D eigenvalue weighted by Gasteiger charge is -2.15. The van der Waals surface area contributed by atoms with E-state index in [1.165, 1.54) is 0 Å². The monoisotopic (exact) mass is 213 g/mol. The standard InChI is InChI=1S/C10H15NO4/c1-15-6-2-3-11(5-6)9(12)7-4-8(7)10(13)14/h6-8H,2-5H2,1H3,(H,13,14)/t6-,7?,8?/m0/s1. The van der Waals surface area contributed by atoms with Crippen molar-refractivity contribution < 1.29 is 19.4 Å². The number of likely N-dealkylation sites (tertiary alicyclic amines) is 1. The summed E-state index contributed by atoms with van der Waals surface area (Å²) in [6.45, 7) is 1.30. The number of carbonyl (C=O) groups is 2. The van der Waals surface area contributed by atoms with E-state index in [1.54, 1.807) is 12.0 Å². The van der Waals surface area contributed by atoms with Crippen molar-refractivity contribution in [3.05, 3.63) is 0 Å².